The second kappa shape index (κ2) is 8.17. The van der Waals surface area contributed by atoms with Gasteiger partial charge in [0.25, 0.3) is 0 Å². The van der Waals surface area contributed by atoms with Gasteiger partial charge >= 0.3 is 6.09 Å². The maximum Gasteiger partial charge on any atom is 0.411 e. The van der Waals surface area contributed by atoms with Crippen molar-refractivity contribution >= 4 is 11.8 Å². The average molecular weight is 338 g/mol. The molecule has 3 rings (SSSR count). The Kier molecular flexibility index (Phi) is 5.71. The molecule has 0 aromatic heterocycles. The number of carbonyl (C=O) groups excluding carboxylic acids is 1. The van der Waals surface area contributed by atoms with Crippen molar-refractivity contribution in [1.82, 2.24) is 4.90 Å². The third-order valence-electron chi connectivity index (χ3n) is 4.67. The summed E-state index contributed by atoms with van der Waals surface area (Å²) in [7, 11) is 0. The van der Waals surface area contributed by atoms with Gasteiger partial charge in [-0.1, -0.05) is 42.5 Å². The van der Waals surface area contributed by atoms with Crippen molar-refractivity contribution in [3.8, 4) is 0 Å². The van der Waals surface area contributed by atoms with Crippen molar-refractivity contribution in [2.75, 3.05) is 18.4 Å². The Morgan fingerprint density at radius 3 is 2.40 bits per heavy atom. The molecule has 1 N–H and O–H groups in total. The van der Waals surface area contributed by atoms with Crippen LogP contribution in [0.3, 0.4) is 0 Å². The number of hydrogen-bond donors (Lipinski definition) is 1. The number of hydrogen-bond acceptors (Lipinski definition) is 3. The van der Waals surface area contributed by atoms with Crippen LogP contribution in [0.2, 0.25) is 0 Å². The van der Waals surface area contributed by atoms with Gasteiger partial charge in [0.05, 0.1) is 0 Å². The van der Waals surface area contributed by atoms with Gasteiger partial charge < -0.3 is 4.74 Å². The van der Waals surface area contributed by atoms with Gasteiger partial charge in [0.15, 0.2) is 0 Å². The second-order valence-corrected chi connectivity index (χ2v) is 6.77. The predicted molar refractivity (Wildman–Crippen MR) is 101 cm³/mol. The summed E-state index contributed by atoms with van der Waals surface area (Å²) in [6, 6.07) is 14.2. The van der Waals surface area contributed by atoms with Crippen LogP contribution >= 0.6 is 0 Å². The minimum atomic E-state index is -0.414. The maximum absolute atomic E-state index is 12.1. The first-order chi connectivity index (χ1) is 12.1. The Labute approximate surface area is 149 Å². The molecule has 2 aromatic carbocycles. The number of anilines is 1. The number of carbonyl (C=O) groups is 1. The molecule has 0 atom stereocenters. The van der Waals surface area contributed by atoms with E-state index < -0.39 is 6.09 Å². The van der Waals surface area contributed by atoms with Crippen molar-refractivity contribution in [2.45, 2.75) is 39.8 Å². The van der Waals surface area contributed by atoms with Crippen LogP contribution in [-0.2, 0) is 17.9 Å². The van der Waals surface area contributed by atoms with E-state index in [2.05, 4.69) is 22.3 Å². The number of benzene rings is 2. The van der Waals surface area contributed by atoms with Gasteiger partial charge in [-0.15, -0.1) is 0 Å². The van der Waals surface area contributed by atoms with Gasteiger partial charge in [0.2, 0.25) is 0 Å². The van der Waals surface area contributed by atoms with Crippen molar-refractivity contribution in [1.29, 1.82) is 0 Å². The van der Waals surface area contributed by atoms with E-state index in [9.17, 15) is 4.79 Å². The lowest BCUT2D eigenvalue weighted by Gasteiger charge is -2.15. The monoisotopic (exact) mass is 338 g/mol. The SMILES string of the molecule is Cc1cccc(C)c1NC(=O)OCc1cccc(CN2CCCC2)c1. The summed E-state index contributed by atoms with van der Waals surface area (Å²) in [4.78, 5) is 14.6. The van der Waals surface area contributed by atoms with Gasteiger partial charge in [-0.25, -0.2) is 4.79 Å². The Hall–Kier alpha value is -2.33. The number of likely N-dealkylation sites (tertiary alicyclic amines) is 1. The molecular weight excluding hydrogens is 312 g/mol. The van der Waals surface area contributed by atoms with Crippen molar-refractivity contribution in [2.24, 2.45) is 0 Å². The predicted octanol–water partition coefficient (Wildman–Crippen LogP) is 4.65. The van der Waals surface area contributed by atoms with E-state index >= 15 is 0 Å². The topological polar surface area (TPSA) is 41.6 Å². The van der Waals surface area contributed by atoms with Gasteiger partial charge in [0, 0.05) is 12.2 Å². The van der Waals surface area contributed by atoms with E-state index in [1.165, 1.54) is 31.5 Å². The molecule has 1 aliphatic heterocycles. The maximum atomic E-state index is 12.1. The Morgan fingerprint density at radius 2 is 1.68 bits per heavy atom. The zero-order valence-corrected chi connectivity index (χ0v) is 15.0. The highest BCUT2D eigenvalue weighted by Gasteiger charge is 2.12. The summed E-state index contributed by atoms with van der Waals surface area (Å²) in [6.07, 6.45) is 2.17. The molecule has 25 heavy (non-hydrogen) atoms. The zero-order valence-electron chi connectivity index (χ0n) is 15.0. The average Bonchev–Trinajstić information content (AvgIpc) is 3.10. The molecule has 0 aliphatic carbocycles. The molecule has 1 saturated heterocycles. The third-order valence-corrected chi connectivity index (χ3v) is 4.67. The highest BCUT2D eigenvalue weighted by atomic mass is 16.5. The van der Waals surface area contributed by atoms with Crippen LogP contribution in [0.1, 0.15) is 35.1 Å². The van der Waals surface area contributed by atoms with E-state index in [0.29, 0.717) is 0 Å². The molecule has 2 aromatic rings. The van der Waals surface area contributed by atoms with Crippen LogP contribution < -0.4 is 5.32 Å². The van der Waals surface area contributed by atoms with Gasteiger partial charge in [-0.2, -0.15) is 0 Å². The van der Waals surface area contributed by atoms with Crippen LogP contribution in [0.4, 0.5) is 10.5 Å². The Bertz CT molecular complexity index is 716. The lowest BCUT2D eigenvalue weighted by atomic mass is 10.1. The molecule has 4 nitrogen and oxygen atoms in total. The molecule has 0 unspecified atom stereocenters. The summed E-state index contributed by atoms with van der Waals surface area (Å²) >= 11 is 0. The molecule has 1 aliphatic rings. The fourth-order valence-corrected chi connectivity index (χ4v) is 3.32. The largest absolute Gasteiger partial charge is 0.444 e. The lowest BCUT2D eigenvalue weighted by Crippen LogP contribution is -2.18. The van der Waals surface area contributed by atoms with E-state index in [1.54, 1.807) is 0 Å². The minimum Gasteiger partial charge on any atom is -0.444 e. The third kappa shape index (κ3) is 4.83. The summed E-state index contributed by atoms with van der Waals surface area (Å²) in [6.45, 7) is 7.57. The molecule has 0 bridgehead atoms. The standard InChI is InChI=1S/C21H26N2O2/c1-16-7-5-8-17(2)20(16)22-21(24)25-15-19-10-6-9-18(13-19)14-23-11-3-4-12-23/h5-10,13H,3-4,11-12,14-15H2,1-2H3,(H,22,24). The molecular formula is C21H26N2O2. The smallest absolute Gasteiger partial charge is 0.411 e. The molecule has 0 radical (unpaired) electrons. The van der Waals surface area contributed by atoms with E-state index in [0.717, 1.165) is 28.9 Å². The summed E-state index contributed by atoms with van der Waals surface area (Å²) in [5.74, 6) is 0. The lowest BCUT2D eigenvalue weighted by molar-refractivity contribution is 0.155. The summed E-state index contributed by atoms with van der Waals surface area (Å²) < 4.78 is 5.40. The molecule has 4 heteroatoms. The van der Waals surface area contributed by atoms with Crippen molar-refractivity contribution < 1.29 is 9.53 Å². The fraction of sp³-hybridized carbons (Fsp3) is 0.381. The Balaban J connectivity index is 1.55. The molecule has 1 fully saturated rings. The number of para-hydroxylation sites is 1. The van der Waals surface area contributed by atoms with Crippen LogP contribution in [0, 0.1) is 13.8 Å². The highest BCUT2D eigenvalue weighted by Crippen LogP contribution is 2.20. The first-order valence-corrected chi connectivity index (χ1v) is 8.92. The first kappa shape index (κ1) is 17.5. The number of amides is 1. The number of nitrogens with zero attached hydrogens (tertiary/aromatic N) is 1. The first-order valence-electron chi connectivity index (χ1n) is 8.92. The second-order valence-electron chi connectivity index (χ2n) is 6.77. The fourth-order valence-electron chi connectivity index (χ4n) is 3.32. The normalized spacial score (nSPS) is 14.5. The zero-order chi connectivity index (χ0) is 17.6. The van der Waals surface area contributed by atoms with E-state index in [-0.39, 0.29) is 6.61 Å². The summed E-state index contributed by atoms with van der Waals surface area (Å²) in [5, 5.41) is 2.85. The van der Waals surface area contributed by atoms with Crippen molar-refractivity contribution in [3.05, 3.63) is 64.7 Å². The summed E-state index contributed by atoms with van der Waals surface area (Å²) in [5.41, 5.74) is 5.19. The molecule has 0 saturated carbocycles. The Morgan fingerprint density at radius 1 is 1.04 bits per heavy atom. The molecule has 132 valence electrons. The number of aryl methyl sites for hydroxylation is 2. The molecule has 1 heterocycles. The number of rotatable bonds is 5. The van der Waals surface area contributed by atoms with E-state index in [1.807, 2.05) is 44.2 Å². The van der Waals surface area contributed by atoms with Crippen LogP contribution in [0.5, 0.6) is 0 Å². The van der Waals surface area contributed by atoms with Crippen LogP contribution in [0.25, 0.3) is 0 Å². The van der Waals surface area contributed by atoms with Gasteiger partial charge in [-0.05, 0) is 62.0 Å². The van der Waals surface area contributed by atoms with Crippen LogP contribution in [0.15, 0.2) is 42.5 Å². The molecule has 1 amide bonds. The minimum absolute atomic E-state index is 0.282. The van der Waals surface area contributed by atoms with Gasteiger partial charge in [-0.3, -0.25) is 10.2 Å². The molecule has 0 spiro atoms. The van der Waals surface area contributed by atoms with E-state index in [4.69, 9.17) is 4.74 Å². The number of ether oxygens (including phenoxy) is 1. The van der Waals surface area contributed by atoms with Gasteiger partial charge in [0.1, 0.15) is 6.61 Å². The number of nitrogens with one attached hydrogen (secondary N) is 1. The van der Waals surface area contributed by atoms with Crippen LogP contribution in [-0.4, -0.2) is 24.1 Å². The van der Waals surface area contributed by atoms with Crippen molar-refractivity contribution in [3.63, 3.8) is 0 Å². The highest BCUT2D eigenvalue weighted by molar-refractivity contribution is 5.86. The quantitative estimate of drug-likeness (QED) is 0.863.